The molecule has 132 valence electrons. The molecule has 1 fully saturated rings. The van der Waals surface area contributed by atoms with Crippen LogP contribution in [0.4, 0.5) is 0 Å². The van der Waals surface area contributed by atoms with E-state index in [4.69, 9.17) is 0 Å². The van der Waals surface area contributed by atoms with Gasteiger partial charge in [-0.2, -0.15) is 0 Å². The lowest BCUT2D eigenvalue weighted by Gasteiger charge is -2.49. The van der Waals surface area contributed by atoms with Crippen molar-refractivity contribution >= 4 is 17.7 Å². The summed E-state index contributed by atoms with van der Waals surface area (Å²) in [6.07, 6.45) is 5.54. The Bertz CT molecular complexity index is 705. The van der Waals surface area contributed by atoms with Crippen molar-refractivity contribution in [2.24, 2.45) is 0 Å². The maximum absolute atomic E-state index is 12.7. The van der Waals surface area contributed by atoms with Crippen molar-refractivity contribution < 1.29 is 4.79 Å². The minimum Gasteiger partial charge on any atom is -0.354 e. The predicted octanol–water partition coefficient (Wildman–Crippen LogP) is 3.13. The molecule has 1 aromatic carbocycles. The number of hydrogen-bond acceptors (Lipinski definition) is 4. The Morgan fingerprint density at radius 2 is 2.08 bits per heavy atom. The summed E-state index contributed by atoms with van der Waals surface area (Å²) < 4.78 is 0. The standard InChI is InChI=1S/C20H25N3OS/c1-20(19(24)22-13-10-17-5-3-4-12-21-17)11-14-23(20)15-16-6-8-18(25-2)9-7-16/h3-9,12H,10-11,13-15H2,1-2H3,(H,22,24). The number of carbonyl (C=O) groups excluding carboxylic acids is 1. The van der Waals surface area contributed by atoms with Gasteiger partial charge in [0.05, 0.1) is 5.54 Å². The van der Waals surface area contributed by atoms with Gasteiger partial charge in [0.25, 0.3) is 0 Å². The van der Waals surface area contributed by atoms with Gasteiger partial charge in [-0.1, -0.05) is 18.2 Å². The molecule has 1 aliphatic rings. The molecule has 0 bridgehead atoms. The van der Waals surface area contributed by atoms with Crippen molar-refractivity contribution in [2.45, 2.75) is 36.7 Å². The van der Waals surface area contributed by atoms with Crippen LogP contribution in [0.3, 0.4) is 0 Å². The second-order valence-corrected chi connectivity index (χ2v) is 7.50. The smallest absolute Gasteiger partial charge is 0.240 e. The van der Waals surface area contributed by atoms with Crippen molar-refractivity contribution in [3.05, 3.63) is 59.9 Å². The molecule has 0 spiro atoms. The second kappa shape index (κ2) is 8.02. The molecule has 1 aliphatic heterocycles. The lowest BCUT2D eigenvalue weighted by molar-refractivity contribution is -0.141. The van der Waals surface area contributed by atoms with Crippen molar-refractivity contribution in [1.29, 1.82) is 0 Å². The van der Waals surface area contributed by atoms with Crippen LogP contribution in [-0.2, 0) is 17.8 Å². The molecule has 4 nitrogen and oxygen atoms in total. The summed E-state index contributed by atoms with van der Waals surface area (Å²) in [7, 11) is 0. The molecule has 0 radical (unpaired) electrons. The highest BCUT2D eigenvalue weighted by Gasteiger charge is 2.46. The first-order valence-corrected chi connectivity index (χ1v) is 9.90. The van der Waals surface area contributed by atoms with Crippen LogP contribution in [-0.4, -0.2) is 40.7 Å². The molecule has 1 aromatic heterocycles. The largest absolute Gasteiger partial charge is 0.354 e. The monoisotopic (exact) mass is 355 g/mol. The Labute approximate surface area is 154 Å². The van der Waals surface area contributed by atoms with Gasteiger partial charge in [0.2, 0.25) is 5.91 Å². The maximum Gasteiger partial charge on any atom is 0.240 e. The van der Waals surface area contributed by atoms with Crippen LogP contribution >= 0.6 is 11.8 Å². The van der Waals surface area contributed by atoms with E-state index in [1.807, 2.05) is 25.1 Å². The number of nitrogens with one attached hydrogen (secondary N) is 1. The first kappa shape index (κ1) is 18.0. The van der Waals surface area contributed by atoms with Crippen LogP contribution in [0.2, 0.25) is 0 Å². The fourth-order valence-electron chi connectivity index (χ4n) is 3.11. The van der Waals surface area contributed by atoms with Gasteiger partial charge < -0.3 is 5.32 Å². The van der Waals surface area contributed by atoms with Gasteiger partial charge in [-0.05, 0) is 49.4 Å². The maximum atomic E-state index is 12.7. The van der Waals surface area contributed by atoms with Crippen molar-refractivity contribution in [2.75, 3.05) is 19.3 Å². The fourth-order valence-corrected chi connectivity index (χ4v) is 3.52. The van der Waals surface area contributed by atoms with Gasteiger partial charge in [-0.25, -0.2) is 0 Å². The number of likely N-dealkylation sites (tertiary alicyclic amines) is 1. The van der Waals surface area contributed by atoms with E-state index in [0.717, 1.165) is 31.6 Å². The highest BCUT2D eigenvalue weighted by molar-refractivity contribution is 7.98. The number of rotatable bonds is 7. The van der Waals surface area contributed by atoms with Crippen LogP contribution in [0.1, 0.15) is 24.6 Å². The summed E-state index contributed by atoms with van der Waals surface area (Å²) in [5.74, 6) is 0.121. The first-order valence-electron chi connectivity index (χ1n) is 8.68. The summed E-state index contributed by atoms with van der Waals surface area (Å²) in [6.45, 7) is 4.46. The van der Waals surface area contributed by atoms with E-state index in [2.05, 4.69) is 45.7 Å². The number of thioether (sulfide) groups is 1. The van der Waals surface area contributed by atoms with Crippen molar-refractivity contribution in [3.63, 3.8) is 0 Å². The van der Waals surface area contributed by atoms with Gasteiger partial charge in [0.15, 0.2) is 0 Å². The van der Waals surface area contributed by atoms with E-state index < -0.39 is 5.54 Å². The summed E-state index contributed by atoms with van der Waals surface area (Å²) in [5.41, 5.74) is 1.86. The highest BCUT2D eigenvalue weighted by atomic mass is 32.2. The summed E-state index contributed by atoms with van der Waals surface area (Å²) in [6, 6.07) is 14.5. The highest BCUT2D eigenvalue weighted by Crippen LogP contribution is 2.32. The van der Waals surface area contributed by atoms with Crippen LogP contribution in [0.25, 0.3) is 0 Å². The molecule has 1 amide bonds. The number of carbonyl (C=O) groups is 1. The van der Waals surface area contributed by atoms with E-state index in [1.165, 1.54) is 10.5 Å². The van der Waals surface area contributed by atoms with Crippen LogP contribution in [0, 0.1) is 0 Å². The average molecular weight is 356 g/mol. The zero-order valence-corrected chi connectivity index (χ0v) is 15.7. The van der Waals surface area contributed by atoms with Gasteiger partial charge in [-0.15, -0.1) is 11.8 Å². The van der Waals surface area contributed by atoms with Crippen LogP contribution < -0.4 is 5.32 Å². The lowest BCUT2D eigenvalue weighted by atomic mass is 9.85. The normalized spacial score (nSPS) is 20.1. The minimum atomic E-state index is -0.401. The molecule has 0 saturated carbocycles. The number of benzene rings is 1. The molecule has 1 unspecified atom stereocenters. The molecule has 5 heteroatoms. The Balaban J connectivity index is 1.52. The zero-order valence-electron chi connectivity index (χ0n) is 14.9. The quantitative estimate of drug-likeness (QED) is 0.775. The van der Waals surface area contributed by atoms with Crippen LogP contribution in [0.5, 0.6) is 0 Å². The summed E-state index contributed by atoms with van der Waals surface area (Å²) in [4.78, 5) is 20.5. The van der Waals surface area contributed by atoms with E-state index in [1.54, 1.807) is 18.0 Å². The molecule has 25 heavy (non-hydrogen) atoms. The minimum absolute atomic E-state index is 0.121. The molecular formula is C20H25N3OS. The first-order chi connectivity index (χ1) is 12.1. The molecule has 2 heterocycles. The van der Waals surface area contributed by atoms with Gasteiger partial charge >= 0.3 is 0 Å². The van der Waals surface area contributed by atoms with Gasteiger partial charge in [0, 0.05) is 42.8 Å². The summed E-state index contributed by atoms with van der Waals surface area (Å²) in [5, 5.41) is 3.08. The molecule has 1 N–H and O–H groups in total. The molecular weight excluding hydrogens is 330 g/mol. The number of aromatic nitrogens is 1. The predicted molar refractivity (Wildman–Crippen MR) is 103 cm³/mol. The summed E-state index contributed by atoms with van der Waals surface area (Å²) >= 11 is 1.75. The molecule has 1 saturated heterocycles. The number of amides is 1. The third kappa shape index (κ3) is 4.22. The van der Waals surface area contributed by atoms with Crippen molar-refractivity contribution in [1.82, 2.24) is 15.2 Å². The lowest BCUT2D eigenvalue weighted by Crippen LogP contribution is -2.65. The Kier molecular flexibility index (Phi) is 5.76. The Morgan fingerprint density at radius 3 is 2.68 bits per heavy atom. The molecule has 0 aliphatic carbocycles. The average Bonchev–Trinajstić information content (AvgIpc) is 2.65. The number of nitrogens with zero attached hydrogens (tertiary/aromatic N) is 2. The third-order valence-corrected chi connectivity index (χ3v) is 5.72. The Morgan fingerprint density at radius 1 is 1.28 bits per heavy atom. The van der Waals surface area contributed by atoms with E-state index >= 15 is 0 Å². The van der Waals surface area contributed by atoms with E-state index in [-0.39, 0.29) is 5.91 Å². The Hall–Kier alpha value is -1.85. The van der Waals surface area contributed by atoms with Crippen molar-refractivity contribution in [3.8, 4) is 0 Å². The molecule has 3 rings (SSSR count). The SMILES string of the molecule is CSc1ccc(CN2CCC2(C)C(=O)NCCc2ccccn2)cc1. The zero-order chi connectivity index (χ0) is 17.7. The number of pyridine rings is 1. The topological polar surface area (TPSA) is 45.2 Å². The molecule has 1 atom stereocenters. The van der Waals surface area contributed by atoms with Gasteiger partial charge in [-0.3, -0.25) is 14.7 Å². The third-order valence-electron chi connectivity index (χ3n) is 4.98. The van der Waals surface area contributed by atoms with Gasteiger partial charge in [0.1, 0.15) is 0 Å². The molecule has 2 aromatic rings. The fraction of sp³-hybridized carbons (Fsp3) is 0.400. The van der Waals surface area contributed by atoms with E-state index in [0.29, 0.717) is 6.54 Å². The van der Waals surface area contributed by atoms with Crippen LogP contribution in [0.15, 0.2) is 53.6 Å². The number of hydrogen-bond donors (Lipinski definition) is 1. The second-order valence-electron chi connectivity index (χ2n) is 6.62. The van der Waals surface area contributed by atoms with E-state index in [9.17, 15) is 4.79 Å².